The van der Waals surface area contributed by atoms with Crippen LogP contribution in [0.15, 0.2) is 48.5 Å². The molecule has 29 heavy (non-hydrogen) atoms. The van der Waals surface area contributed by atoms with Crippen LogP contribution in [0.4, 0.5) is 20.6 Å². The monoisotopic (exact) mass is 398 g/mol. The van der Waals surface area contributed by atoms with Gasteiger partial charge in [-0.05, 0) is 29.8 Å². The van der Waals surface area contributed by atoms with Gasteiger partial charge in [0.1, 0.15) is 5.82 Å². The van der Waals surface area contributed by atoms with Crippen LogP contribution in [-0.2, 0) is 11.3 Å². The van der Waals surface area contributed by atoms with Gasteiger partial charge in [-0.1, -0.05) is 24.3 Å². The van der Waals surface area contributed by atoms with Crippen molar-refractivity contribution < 1.29 is 13.9 Å². The lowest BCUT2D eigenvalue weighted by Gasteiger charge is -2.39. The highest BCUT2D eigenvalue weighted by atomic mass is 19.1. The fourth-order valence-corrected chi connectivity index (χ4v) is 3.85. The Labute approximate surface area is 170 Å². The summed E-state index contributed by atoms with van der Waals surface area (Å²) >= 11 is 0. The second-order valence-electron chi connectivity index (χ2n) is 7.35. The quantitative estimate of drug-likeness (QED) is 0.860. The summed E-state index contributed by atoms with van der Waals surface area (Å²) in [6, 6.07) is 14.6. The van der Waals surface area contributed by atoms with E-state index in [1.165, 1.54) is 23.5 Å². The maximum atomic E-state index is 13.0. The second kappa shape index (κ2) is 9.13. The first kappa shape index (κ1) is 19.5. The first-order valence-electron chi connectivity index (χ1n) is 10.1. The molecule has 2 aliphatic heterocycles. The van der Waals surface area contributed by atoms with Gasteiger partial charge in [-0.2, -0.15) is 0 Å². The third-order valence-corrected chi connectivity index (χ3v) is 5.50. The summed E-state index contributed by atoms with van der Waals surface area (Å²) in [5.41, 5.74) is 3.35. The van der Waals surface area contributed by atoms with Crippen LogP contribution in [0, 0.1) is 5.82 Å². The van der Waals surface area contributed by atoms with E-state index in [2.05, 4.69) is 39.4 Å². The summed E-state index contributed by atoms with van der Waals surface area (Å²) in [4.78, 5) is 19.1. The first-order chi connectivity index (χ1) is 14.2. The lowest BCUT2D eigenvalue weighted by atomic mass is 10.2. The molecule has 1 N–H and O–H groups in total. The number of benzene rings is 2. The molecule has 2 saturated heterocycles. The lowest BCUT2D eigenvalue weighted by molar-refractivity contribution is 0.122. The zero-order valence-corrected chi connectivity index (χ0v) is 16.5. The standard InChI is InChI=1S/C22H27FN4O2/c23-19-7-5-18(6-8-19)17-24-22(28)27-11-9-25(10-12-27)20-3-1-2-4-21(20)26-13-15-29-16-14-26/h1-8H,9-17H2,(H,24,28). The third-order valence-electron chi connectivity index (χ3n) is 5.50. The number of urea groups is 1. The molecular formula is C22H27FN4O2. The van der Waals surface area contributed by atoms with Crippen LogP contribution in [0.25, 0.3) is 0 Å². The van der Waals surface area contributed by atoms with Crippen LogP contribution >= 0.6 is 0 Å². The van der Waals surface area contributed by atoms with Gasteiger partial charge < -0.3 is 24.8 Å². The number of nitrogens with zero attached hydrogens (tertiary/aromatic N) is 3. The van der Waals surface area contributed by atoms with Crippen molar-refractivity contribution in [3.05, 3.63) is 59.9 Å². The molecule has 0 aliphatic carbocycles. The molecule has 2 aromatic rings. The largest absolute Gasteiger partial charge is 0.378 e. The summed E-state index contributed by atoms with van der Waals surface area (Å²) in [6.07, 6.45) is 0. The molecule has 0 aromatic heterocycles. The molecule has 2 fully saturated rings. The number of carbonyl (C=O) groups is 1. The minimum Gasteiger partial charge on any atom is -0.378 e. The predicted octanol–water partition coefficient (Wildman–Crippen LogP) is 2.69. The van der Waals surface area contributed by atoms with Gasteiger partial charge in [-0.3, -0.25) is 0 Å². The van der Waals surface area contributed by atoms with Gasteiger partial charge in [-0.25, -0.2) is 9.18 Å². The number of nitrogens with one attached hydrogen (secondary N) is 1. The van der Waals surface area contributed by atoms with E-state index in [4.69, 9.17) is 4.74 Å². The van der Waals surface area contributed by atoms with Gasteiger partial charge in [0.05, 0.1) is 24.6 Å². The van der Waals surface area contributed by atoms with E-state index in [-0.39, 0.29) is 11.8 Å². The molecule has 0 radical (unpaired) electrons. The number of hydrogen-bond donors (Lipinski definition) is 1. The van der Waals surface area contributed by atoms with E-state index < -0.39 is 0 Å². The zero-order chi connectivity index (χ0) is 20.1. The number of carbonyl (C=O) groups excluding carboxylic acids is 1. The fraction of sp³-hybridized carbons (Fsp3) is 0.409. The van der Waals surface area contributed by atoms with Crippen LogP contribution in [0.2, 0.25) is 0 Å². The van der Waals surface area contributed by atoms with Crippen molar-refractivity contribution in [2.24, 2.45) is 0 Å². The average molecular weight is 398 g/mol. The van der Waals surface area contributed by atoms with Crippen molar-refractivity contribution in [2.45, 2.75) is 6.54 Å². The van der Waals surface area contributed by atoms with Crippen molar-refractivity contribution in [3.8, 4) is 0 Å². The Morgan fingerprint density at radius 3 is 2.07 bits per heavy atom. The van der Waals surface area contributed by atoms with Gasteiger partial charge >= 0.3 is 6.03 Å². The normalized spacial score (nSPS) is 17.3. The minimum atomic E-state index is -0.270. The molecule has 0 atom stereocenters. The van der Waals surface area contributed by atoms with Crippen LogP contribution < -0.4 is 15.1 Å². The number of piperazine rings is 1. The molecule has 0 unspecified atom stereocenters. The molecule has 0 saturated carbocycles. The number of para-hydroxylation sites is 2. The van der Waals surface area contributed by atoms with E-state index in [9.17, 15) is 9.18 Å². The fourth-order valence-electron chi connectivity index (χ4n) is 3.85. The molecule has 4 rings (SSSR count). The van der Waals surface area contributed by atoms with Crippen LogP contribution in [0.1, 0.15) is 5.56 Å². The summed E-state index contributed by atoms with van der Waals surface area (Å²) in [6.45, 7) is 6.67. The Morgan fingerprint density at radius 1 is 0.862 bits per heavy atom. The Morgan fingerprint density at radius 2 is 1.45 bits per heavy atom. The maximum Gasteiger partial charge on any atom is 0.317 e. The number of anilines is 2. The predicted molar refractivity (Wildman–Crippen MR) is 112 cm³/mol. The van der Waals surface area contributed by atoms with E-state index in [1.807, 2.05) is 4.90 Å². The lowest BCUT2D eigenvalue weighted by Crippen LogP contribution is -2.52. The zero-order valence-electron chi connectivity index (χ0n) is 16.5. The Kier molecular flexibility index (Phi) is 6.14. The highest BCUT2D eigenvalue weighted by molar-refractivity contribution is 5.75. The third kappa shape index (κ3) is 4.79. The highest BCUT2D eigenvalue weighted by Crippen LogP contribution is 2.30. The summed E-state index contributed by atoms with van der Waals surface area (Å²) in [5, 5.41) is 2.93. The molecule has 2 aliphatic rings. The van der Waals surface area contributed by atoms with Crippen molar-refractivity contribution in [2.75, 3.05) is 62.3 Å². The number of amides is 2. The van der Waals surface area contributed by atoms with E-state index in [0.29, 0.717) is 19.6 Å². The van der Waals surface area contributed by atoms with Crippen molar-refractivity contribution in [1.82, 2.24) is 10.2 Å². The van der Waals surface area contributed by atoms with E-state index in [1.54, 1.807) is 12.1 Å². The summed E-state index contributed by atoms with van der Waals surface area (Å²) < 4.78 is 18.5. The van der Waals surface area contributed by atoms with Crippen LogP contribution in [-0.4, -0.2) is 63.4 Å². The molecule has 7 heteroatoms. The van der Waals surface area contributed by atoms with E-state index in [0.717, 1.165) is 45.0 Å². The van der Waals surface area contributed by atoms with Crippen LogP contribution in [0.5, 0.6) is 0 Å². The number of rotatable bonds is 4. The molecule has 6 nitrogen and oxygen atoms in total. The second-order valence-corrected chi connectivity index (χ2v) is 7.35. The average Bonchev–Trinajstić information content (AvgIpc) is 2.79. The Bertz CT molecular complexity index is 816. The molecule has 2 aromatic carbocycles. The van der Waals surface area contributed by atoms with Crippen molar-refractivity contribution >= 4 is 17.4 Å². The molecule has 0 spiro atoms. The SMILES string of the molecule is O=C(NCc1ccc(F)cc1)N1CCN(c2ccccc2N2CCOCC2)CC1. The molecule has 154 valence electrons. The van der Waals surface area contributed by atoms with Gasteiger partial charge in [-0.15, -0.1) is 0 Å². The number of halogens is 1. The van der Waals surface area contributed by atoms with Gasteiger partial charge in [0.2, 0.25) is 0 Å². The molecule has 2 amide bonds. The number of ether oxygens (including phenoxy) is 1. The number of hydrogen-bond acceptors (Lipinski definition) is 4. The maximum absolute atomic E-state index is 13.0. The Hall–Kier alpha value is -2.80. The van der Waals surface area contributed by atoms with Gasteiger partial charge in [0.25, 0.3) is 0 Å². The smallest absolute Gasteiger partial charge is 0.317 e. The van der Waals surface area contributed by atoms with Gasteiger partial charge in [0.15, 0.2) is 0 Å². The van der Waals surface area contributed by atoms with Gasteiger partial charge in [0, 0.05) is 45.8 Å². The van der Waals surface area contributed by atoms with Crippen molar-refractivity contribution in [3.63, 3.8) is 0 Å². The summed E-state index contributed by atoms with van der Waals surface area (Å²) in [5.74, 6) is -0.270. The number of morpholine rings is 1. The minimum absolute atomic E-state index is 0.0737. The van der Waals surface area contributed by atoms with Crippen molar-refractivity contribution in [1.29, 1.82) is 0 Å². The molecular weight excluding hydrogens is 371 g/mol. The molecule has 2 heterocycles. The Balaban J connectivity index is 1.32. The first-order valence-corrected chi connectivity index (χ1v) is 10.1. The summed E-state index contributed by atoms with van der Waals surface area (Å²) in [7, 11) is 0. The van der Waals surface area contributed by atoms with E-state index >= 15 is 0 Å². The van der Waals surface area contributed by atoms with Crippen LogP contribution in [0.3, 0.4) is 0 Å². The highest BCUT2D eigenvalue weighted by Gasteiger charge is 2.24. The topological polar surface area (TPSA) is 48.1 Å². The molecule has 0 bridgehead atoms.